The molecule has 4 heteroatoms. The quantitative estimate of drug-likeness (QED) is 0.810. The van der Waals surface area contributed by atoms with Crippen LogP contribution >= 0.6 is 15.9 Å². The largest absolute Gasteiger partial charge is 0.303 e. The standard InChI is InChI=1S/C12H13BrN2O/c1-8(6-7-16)9-4-3-5-10-11(9)12(13)14-15(10)2/h3-5,7-8H,6H2,1-2H3. The van der Waals surface area contributed by atoms with Crippen molar-refractivity contribution in [2.75, 3.05) is 0 Å². The van der Waals surface area contributed by atoms with Crippen molar-refractivity contribution in [3.05, 3.63) is 28.4 Å². The zero-order valence-electron chi connectivity index (χ0n) is 9.27. The molecule has 2 aromatic rings. The minimum absolute atomic E-state index is 0.224. The molecule has 2 rings (SSSR count). The summed E-state index contributed by atoms with van der Waals surface area (Å²) in [4.78, 5) is 10.6. The number of hydrogen-bond acceptors (Lipinski definition) is 2. The lowest BCUT2D eigenvalue weighted by atomic mass is 9.95. The molecule has 0 amide bonds. The van der Waals surface area contributed by atoms with Crippen LogP contribution in [0.2, 0.25) is 0 Å². The molecule has 0 aliphatic carbocycles. The van der Waals surface area contributed by atoms with Gasteiger partial charge in [-0.25, -0.2) is 0 Å². The van der Waals surface area contributed by atoms with Crippen LogP contribution in [-0.2, 0) is 11.8 Å². The Morgan fingerprint density at radius 3 is 3.00 bits per heavy atom. The molecule has 1 atom stereocenters. The van der Waals surface area contributed by atoms with Gasteiger partial charge in [-0.3, -0.25) is 4.68 Å². The molecule has 84 valence electrons. The summed E-state index contributed by atoms with van der Waals surface area (Å²) in [6, 6.07) is 6.10. The molecule has 1 unspecified atom stereocenters. The highest BCUT2D eigenvalue weighted by Gasteiger charge is 2.14. The molecule has 0 spiro atoms. The number of carbonyl (C=O) groups is 1. The van der Waals surface area contributed by atoms with Gasteiger partial charge in [-0.15, -0.1) is 0 Å². The van der Waals surface area contributed by atoms with Gasteiger partial charge in [0.25, 0.3) is 0 Å². The SMILES string of the molecule is CC(CC=O)c1cccc2c1c(Br)nn2C. The summed E-state index contributed by atoms with van der Waals surface area (Å²) in [6.07, 6.45) is 1.51. The molecule has 0 aliphatic heterocycles. The summed E-state index contributed by atoms with van der Waals surface area (Å²) < 4.78 is 2.69. The van der Waals surface area contributed by atoms with Crippen LogP contribution in [0, 0.1) is 0 Å². The molecule has 1 aromatic heterocycles. The van der Waals surface area contributed by atoms with E-state index in [1.54, 1.807) is 0 Å². The van der Waals surface area contributed by atoms with Crippen LogP contribution < -0.4 is 0 Å². The number of hydrogen-bond donors (Lipinski definition) is 0. The number of aromatic nitrogens is 2. The third-order valence-electron chi connectivity index (χ3n) is 2.85. The number of aryl methyl sites for hydroxylation is 1. The molecular formula is C12H13BrN2O. The van der Waals surface area contributed by atoms with Gasteiger partial charge in [0.2, 0.25) is 0 Å². The van der Waals surface area contributed by atoms with Gasteiger partial charge in [-0.05, 0) is 33.5 Å². The summed E-state index contributed by atoms with van der Waals surface area (Å²) in [5, 5.41) is 5.45. The van der Waals surface area contributed by atoms with Gasteiger partial charge in [0.1, 0.15) is 10.9 Å². The molecule has 3 nitrogen and oxygen atoms in total. The van der Waals surface area contributed by atoms with Crippen LogP contribution in [0.25, 0.3) is 10.9 Å². The number of aldehydes is 1. The fourth-order valence-corrected chi connectivity index (χ4v) is 2.64. The van der Waals surface area contributed by atoms with Gasteiger partial charge in [-0.1, -0.05) is 19.1 Å². The van der Waals surface area contributed by atoms with Crippen LogP contribution in [0.3, 0.4) is 0 Å². The van der Waals surface area contributed by atoms with Crippen molar-refractivity contribution in [3.63, 3.8) is 0 Å². The van der Waals surface area contributed by atoms with Gasteiger partial charge in [0.15, 0.2) is 0 Å². The van der Waals surface area contributed by atoms with Crippen molar-refractivity contribution in [1.82, 2.24) is 9.78 Å². The van der Waals surface area contributed by atoms with Gasteiger partial charge < -0.3 is 4.79 Å². The molecular weight excluding hydrogens is 268 g/mol. The van der Waals surface area contributed by atoms with Gasteiger partial charge in [0.05, 0.1) is 5.52 Å². The first-order chi connectivity index (χ1) is 7.65. The summed E-state index contributed by atoms with van der Waals surface area (Å²) in [5.74, 6) is 0.224. The summed E-state index contributed by atoms with van der Waals surface area (Å²) in [7, 11) is 1.92. The van der Waals surface area contributed by atoms with Crippen LogP contribution in [0.1, 0.15) is 24.8 Å². The number of halogens is 1. The maximum absolute atomic E-state index is 10.6. The first kappa shape index (κ1) is 11.3. The van der Waals surface area contributed by atoms with Crippen molar-refractivity contribution >= 4 is 33.1 Å². The Morgan fingerprint density at radius 2 is 2.31 bits per heavy atom. The maximum Gasteiger partial charge on any atom is 0.136 e. The lowest BCUT2D eigenvalue weighted by molar-refractivity contribution is -0.108. The molecule has 0 N–H and O–H groups in total. The number of nitrogens with zero attached hydrogens (tertiary/aromatic N) is 2. The Hall–Kier alpha value is -1.16. The van der Waals surface area contributed by atoms with Crippen molar-refractivity contribution in [1.29, 1.82) is 0 Å². The topological polar surface area (TPSA) is 34.9 Å². The average molecular weight is 281 g/mol. The van der Waals surface area contributed by atoms with Gasteiger partial charge in [-0.2, -0.15) is 5.10 Å². The van der Waals surface area contributed by atoms with Gasteiger partial charge >= 0.3 is 0 Å². The van der Waals surface area contributed by atoms with Crippen LogP contribution in [0.15, 0.2) is 22.8 Å². The number of fused-ring (bicyclic) bond motifs is 1. The van der Waals surface area contributed by atoms with Crippen LogP contribution in [0.5, 0.6) is 0 Å². The van der Waals surface area contributed by atoms with Crippen molar-refractivity contribution < 1.29 is 4.79 Å². The Labute approximate surface area is 103 Å². The predicted molar refractivity (Wildman–Crippen MR) is 67.5 cm³/mol. The van der Waals surface area contributed by atoms with Crippen molar-refractivity contribution in [2.45, 2.75) is 19.3 Å². The number of benzene rings is 1. The Kier molecular flexibility index (Phi) is 3.10. The smallest absolute Gasteiger partial charge is 0.136 e. The Morgan fingerprint density at radius 1 is 1.56 bits per heavy atom. The Balaban J connectivity index is 2.65. The molecule has 16 heavy (non-hydrogen) atoms. The summed E-state index contributed by atoms with van der Waals surface area (Å²) in [6.45, 7) is 2.06. The van der Waals surface area contributed by atoms with Crippen molar-refractivity contribution in [2.24, 2.45) is 7.05 Å². The molecule has 0 saturated heterocycles. The normalized spacial score (nSPS) is 12.9. The molecule has 1 heterocycles. The lowest BCUT2D eigenvalue weighted by Crippen LogP contribution is -1.95. The van der Waals surface area contributed by atoms with E-state index in [1.165, 1.54) is 5.56 Å². The summed E-state index contributed by atoms with van der Waals surface area (Å²) in [5.41, 5.74) is 2.26. The van der Waals surface area contributed by atoms with E-state index in [2.05, 4.69) is 34.0 Å². The summed E-state index contributed by atoms with van der Waals surface area (Å²) >= 11 is 3.47. The average Bonchev–Trinajstić information content (AvgIpc) is 2.55. The van der Waals surface area contributed by atoms with Gasteiger partial charge in [0, 0.05) is 18.9 Å². The zero-order valence-corrected chi connectivity index (χ0v) is 10.9. The lowest BCUT2D eigenvalue weighted by Gasteiger charge is -2.09. The van der Waals surface area contributed by atoms with E-state index in [0.717, 1.165) is 21.8 Å². The fourth-order valence-electron chi connectivity index (χ4n) is 1.97. The number of rotatable bonds is 3. The van der Waals surface area contributed by atoms with E-state index in [-0.39, 0.29) is 5.92 Å². The second-order valence-electron chi connectivity index (χ2n) is 3.96. The Bertz CT molecular complexity index is 533. The van der Waals surface area contributed by atoms with E-state index in [1.807, 2.05) is 23.9 Å². The third-order valence-corrected chi connectivity index (χ3v) is 3.40. The number of carbonyl (C=O) groups excluding carboxylic acids is 1. The monoisotopic (exact) mass is 280 g/mol. The zero-order chi connectivity index (χ0) is 11.7. The predicted octanol–water partition coefficient (Wildman–Crippen LogP) is 3.03. The first-order valence-electron chi connectivity index (χ1n) is 5.20. The minimum Gasteiger partial charge on any atom is -0.303 e. The second kappa shape index (κ2) is 4.37. The highest BCUT2D eigenvalue weighted by atomic mass is 79.9. The van der Waals surface area contributed by atoms with Crippen molar-refractivity contribution in [3.8, 4) is 0 Å². The van der Waals surface area contributed by atoms with E-state index in [4.69, 9.17) is 0 Å². The highest BCUT2D eigenvalue weighted by Crippen LogP contribution is 2.31. The first-order valence-corrected chi connectivity index (χ1v) is 5.99. The van der Waals surface area contributed by atoms with E-state index in [9.17, 15) is 4.79 Å². The molecule has 0 bridgehead atoms. The third kappa shape index (κ3) is 1.78. The second-order valence-corrected chi connectivity index (χ2v) is 4.71. The highest BCUT2D eigenvalue weighted by molar-refractivity contribution is 9.10. The van der Waals surface area contributed by atoms with E-state index < -0.39 is 0 Å². The van der Waals surface area contributed by atoms with E-state index in [0.29, 0.717) is 6.42 Å². The molecule has 0 fully saturated rings. The molecule has 1 aromatic carbocycles. The maximum atomic E-state index is 10.6. The minimum atomic E-state index is 0.224. The molecule has 0 aliphatic rings. The van der Waals surface area contributed by atoms with E-state index >= 15 is 0 Å². The molecule has 0 saturated carbocycles. The van der Waals surface area contributed by atoms with Crippen LogP contribution in [0.4, 0.5) is 0 Å². The fraction of sp³-hybridized carbons (Fsp3) is 0.333. The van der Waals surface area contributed by atoms with Crippen LogP contribution in [-0.4, -0.2) is 16.1 Å². The molecule has 0 radical (unpaired) electrons.